The van der Waals surface area contributed by atoms with E-state index in [1.807, 2.05) is 0 Å². The van der Waals surface area contributed by atoms with Gasteiger partial charge in [0.1, 0.15) is 12.6 Å². The molecule has 0 spiro atoms. The van der Waals surface area contributed by atoms with Crippen molar-refractivity contribution in [3.05, 3.63) is 0 Å². The fourth-order valence-electron chi connectivity index (χ4n) is 4.05. The van der Waals surface area contributed by atoms with Crippen molar-refractivity contribution in [1.82, 2.24) is 0 Å². The Morgan fingerprint density at radius 2 is 1.21 bits per heavy atom. The lowest BCUT2D eigenvalue weighted by molar-refractivity contribution is -0.144. The molecular weight excluding hydrogens is 505 g/mol. The van der Waals surface area contributed by atoms with Crippen LogP contribution in [0.2, 0.25) is 38.8 Å². The summed E-state index contributed by atoms with van der Waals surface area (Å²) in [5, 5.41) is 0. The molecule has 12 heteroatoms. The number of ether oxygens (including phenoxy) is 1. The third-order valence-corrected chi connectivity index (χ3v) is 12.0. The highest BCUT2D eigenvalue weighted by molar-refractivity contribution is 6.65. The van der Waals surface area contributed by atoms with Crippen molar-refractivity contribution >= 4 is 47.6 Å². The minimum absolute atomic E-state index is 0.118. The lowest BCUT2D eigenvalue weighted by atomic mass is 9.70. The highest BCUT2D eigenvalue weighted by Crippen LogP contribution is 2.42. The van der Waals surface area contributed by atoms with Crippen LogP contribution in [-0.4, -0.2) is 87.6 Å². The van der Waals surface area contributed by atoms with Gasteiger partial charge in [-0.3, -0.25) is 0 Å². The smallest absolute Gasteiger partial charge is 0.334 e. The van der Waals surface area contributed by atoms with Gasteiger partial charge in [0.05, 0.1) is 6.61 Å². The van der Waals surface area contributed by atoms with E-state index in [1.165, 1.54) is 0 Å². The molecule has 0 aromatic carbocycles. The van der Waals surface area contributed by atoms with Gasteiger partial charge in [-0.25, -0.2) is 0 Å². The summed E-state index contributed by atoms with van der Waals surface area (Å²) in [6.45, 7) is 21.2. The summed E-state index contributed by atoms with van der Waals surface area (Å²) in [5.41, 5.74) is -0.295. The molecule has 0 saturated heterocycles. The van der Waals surface area contributed by atoms with E-state index in [-0.39, 0.29) is 29.3 Å². The molecule has 1 unspecified atom stereocenters. The van der Waals surface area contributed by atoms with Crippen molar-refractivity contribution in [3.8, 4) is 0 Å². The Bertz CT molecular complexity index is 484. The zero-order chi connectivity index (χ0) is 25.5. The first kappa shape index (κ1) is 33.8. The fourth-order valence-corrected chi connectivity index (χ4v) is 9.16. The topological polar surface area (TPSA) is 64.6 Å². The van der Waals surface area contributed by atoms with Gasteiger partial charge < -0.3 is 31.3 Å². The summed E-state index contributed by atoms with van der Waals surface area (Å²) in [7, 11) is -0.897. The van der Waals surface area contributed by atoms with Gasteiger partial charge in [-0.15, -0.1) is 0 Å². The van der Waals surface area contributed by atoms with Crippen molar-refractivity contribution in [2.24, 2.45) is 16.7 Å². The Hall–Kier alpha value is 0.804. The predicted molar refractivity (Wildman–Crippen MR) is 151 cm³/mol. The van der Waals surface area contributed by atoms with Gasteiger partial charge in [0.2, 0.25) is 0 Å². The minimum Gasteiger partial charge on any atom is -0.400 e. The Balaban J connectivity index is 5.49. The second kappa shape index (κ2) is 17.3. The maximum absolute atomic E-state index is 6.28. The molecule has 1 atom stereocenters. The molecule has 0 amide bonds. The standard InChI is InChI=1S/C21H54O7Si5/c1-20(2,18(25-29-7)26-30-8)15-17(21(3,4)19(27-31-9)28-32-10)16-24-13-12-14-33(11,22-5)23-6/h17-19H,12-16,29-32H2,1-11H3. The van der Waals surface area contributed by atoms with Gasteiger partial charge >= 0.3 is 8.56 Å². The van der Waals surface area contributed by atoms with Crippen LogP contribution in [0.15, 0.2) is 0 Å². The first-order valence-electron chi connectivity index (χ1n) is 12.6. The van der Waals surface area contributed by atoms with E-state index >= 15 is 0 Å². The largest absolute Gasteiger partial charge is 0.400 e. The summed E-state index contributed by atoms with van der Waals surface area (Å²) in [6.07, 6.45) is 1.55. The van der Waals surface area contributed by atoms with E-state index in [4.69, 9.17) is 31.3 Å². The molecule has 0 aliphatic carbocycles. The number of hydrogen-bond acceptors (Lipinski definition) is 7. The number of hydrogen-bond donors (Lipinski definition) is 0. The van der Waals surface area contributed by atoms with Crippen LogP contribution in [0.1, 0.15) is 40.5 Å². The van der Waals surface area contributed by atoms with E-state index < -0.39 is 47.6 Å². The predicted octanol–water partition coefficient (Wildman–Crippen LogP) is 2.06. The maximum atomic E-state index is 6.28. The molecule has 7 nitrogen and oxygen atoms in total. The summed E-state index contributed by atoms with van der Waals surface area (Å²) in [6, 6.07) is 0.920. The Morgan fingerprint density at radius 1 is 0.758 bits per heavy atom. The highest BCUT2D eigenvalue weighted by Gasteiger charge is 2.43. The molecule has 0 rings (SSSR count). The van der Waals surface area contributed by atoms with E-state index in [0.717, 1.165) is 18.9 Å². The molecule has 33 heavy (non-hydrogen) atoms. The van der Waals surface area contributed by atoms with E-state index in [1.54, 1.807) is 14.2 Å². The van der Waals surface area contributed by atoms with E-state index in [0.29, 0.717) is 13.2 Å². The third-order valence-electron chi connectivity index (χ3n) is 6.44. The molecule has 0 aliphatic rings. The monoisotopic (exact) mass is 558 g/mol. The highest BCUT2D eigenvalue weighted by atomic mass is 28.4. The zero-order valence-corrected chi connectivity index (χ0v) is 30.1. The van der Waals surface area contributed by atoms with Gasteiger partial charge in [0.15, 0.2) is 39.1 Å². The van der Waals surface area contributed by atoms with E-state index in [9.17, 15) is 0 Å². The van der Waals surface area contributed by atoms with Crippen LogP contribution in [0.3, 0.4) is 0 Å². The normalized spacial score (nSPS) is 17.5. The molecule has 0 N–H and O–H groups in total. The Labute approximate surface area is 214 Å². The second-order valence-corrected chi connectivity index (χ2v) is 17.1. The SMILES string of the molecule is CO[Si](C)(CCCOCC(CC(C)(C)C(O[SiH2]C)O[SiH2]C)C(C)(C)C(O[SiH2]C)O[SiH2]C)OC. The molecule has 0 bridgehead atoms. The van der Waals surface area contributed by atoms with Crippen LogP contribution in [-0.2, 0) is 31.3 Å². The molecule has 0 fully saturated rings. The number of rotatable bonds is 21. The molecule has 200 valence electrons. The van der Waals surface area contributed by atoms with Crippen molar-refractivity contribution in [2.45, 2.75) is 91.9 Å². The fraction of sp³-hybridized carbons (Fsp3) is 1.00. The molecule has 0 heterocycles. The van der Waals surface area contributed by atoms with Crippen LogP contribution >= 0.6 is 0 Å². The molecule has 0 aromatic rings. The van der Waals surface area contributed by atoms with Crippen molar-refractivity contribution < 1.29 is 31.3 Å². The Morgan fingerprint density at radius 3 is 1.64 bits per heavy atom. The van der Waals surface area contributed by atoms with Crippen molar-refractivity contribution in [1.29, 1.82) is 0 Å². The summed E-state index contributed by atoms with van der Waals surface area (Å²) < 4.78 is 42.2. The first-order chi connectivity index (χ1) is 15.5. The van der Waals surface area contributed by atoms with Crippen LogP contribution in [0.4, 0.5) is 0 Å². The van der Waals surface area contributed by atoms with Gasteiger partial charge in [-0.05, 0) is 31.4 Å². The average molecular weight is 559 g/mol. The van der Waals surface area contributed by atoms with E-state index in [2.05, 4.69) is 60.4 Å². The summed E-state index contributed by atoms with van der Waals surface area (Å²) in [5.74, 6) is 0.249. The van der Waals surface area contributed by atoms with Crippen LogP contribution in [0, 0.1) is 16.7 Å². The van der Waals surface area contributed by atoms with Gasteiger partial charge in [0.25, 0.3) is 0 Å². The molecule has 0 saturated carbocycles. The molecular formula is C21H54O7Si5. The van der Waals surface area contributed by atoms with Crippen molar-refractivity contribution in [2.75, 3.05) is 27.4 Å². The molecule has 0 radical (unpaired) electrons. The zero-order valence-electron chi connectivity index (χ0n) is 23.5. The average Bonchev–Trinajstić information content (AvgIpc) is 2.77. The van der Waals surface area contributed by atoms with Gasteiger partial charge in [0, 0.05) is 31.7 Å². The Kier molecular flexibility index (Phi) is 17.7. The lowest BCUT2D eigenvalue weighted by Gasteiger charge is -2.45. The third kappa shape index (κ3) is 12.1. The summed E-state index contributed by atoms with van der Waals surface area (Å²) in [4.78, 5) is 0. The maximum Gasteiger partial charge on any atom is 0.334 e. The molecule has 0 aromatic heterocycles. The van der Waals surface area contributed by atoms with Crippen LogP contribution in [0.5, 0.6) is 0 Å². The minimum atomic E-state index is -2.06. The molecule has 0 aliphatic heterocycles. The van der Waals surface area contributed by atoms with Gasteiger partial charge in [-0.1, -0.05) is 53.9 Å². The second-order valence-electron chi connectivity index (χ2n) is 9.92. The summed E-state index contributed by atoms with van der Waals surface area (Å²) >= 11 is 0. The van der Waals surface area contributed by atoms with Crippen molar-refractivity contribution in [3.63, 3.8) is 0 Å². The quantitative estimate of drug-likeness (QED) is 0.121. The van der Waals surface area contributed by atoms with Gasteiger partial charge in [-0.2, -0.15) is 0 Å². The van der Waals surface area contributed by atoms with Crippen LogP contribution in [0.25, 0.3) is 0 Å². The lowest BCUT2D eigenvalue weighted by Crippen LogP contribution is -2.47. The first-order valence-corrected chi connectivity index (χ1v) is 23.1. The van der Waals surface area contributed by atoms with Crippen LogP contribution < -0.4 is 0 Å².